The first-order valence-corrected chi connectivity index (χ1v) is 5.34. The number of aromatic nitrogens is 3. The summed E-state index contributed by atoms with van der Waals surface area (Å²) in [5, 5.41) is 16.7. The summed E-state index contributed by atoms with van der Waals surface area (Å²) in [6, 6.07) is 0. The average Bonchev–Trinajstić information content (AvgIpc) is 2.58. The van der Waals surface area contributed by atoms with Gasteiger partial charge in [0.2, 0.25) is 5.16 Å². The van der Waals surface area contributed by atoms with Gasteiger partial charge < -0.3 is 10.9 Å². The van der Waals surface area contributed by atoms with E-state index in [0.717, 1.165) is 0 Å². The molecule has 0 spiro atoms. The number of nitrogens with zero attached hydrogens (tertiary/aromatic N) is 3. The lowest BCUT2D eigenvalue weighted by Gasteiger charge is -1.98. The maximum atomic E-state index is 10.7. The van der Waals surface area contributed by atoms with E-state index in [9.17, 15) is 4.79 Å². The van der Waals surface area contributed by atoms with Crippen molar-refractivity contribution in [3.8, 4) is 0 Å². The predicted molar refractivity (Wildman–Crippen MR) is 56.9 cm³/mol. The van der Waals surface area contributed by atoms with Crippen molar-refractivity contribution < 1.29 is 9.90 Å². The van der Waals surface area contributed by atoms with Gasteiger partial charge in [-0.3, -0.25) is 0 Å². The Bertz CT molecular complexity index is 374. The molecule has 0 aromatic carbocycles. The first-order chi connectivity index (χ1) is 7.15. The molecule has 0 aliphatic heterocycles. The number of hydrogen-bond acceptors (Lipinski definition) is 5. The van der Waals surface area contributed by atoms with Gasteiger partial charge in [-0.05, 0) is 6.42 Å². The van der Waals surface area contributed by atoms with Crippen LogP contribution in [0.2, 0.25) is 0 Å². The molecule has 0 radical (unpaired) electrons. The van der Waals surface area contributed by atoms with Crippen LogP contribution in [0.15, 0.2) is 23.1 Å². The molecule has 0 aliphatic carbocycles. The summed E-state index contributed by atoms with van der Waals surface area (Å²) in [6.07, 6.45) is 3.55. The highest BCUT2D eigenvalue weighted by Crippen LogP contribution is 2.14. The van der Waals surface area contributed by atoms with Gasteiger partial charge in [-0.15, -0.1) is 10.2 Å². The fourth-order valence-corrected chi connectivity index (χ4v) is 1.67. The van der Waals surface area contributed by atoms with Crippen molar-refractivity contribution >= 4 is 17.7 Å². The fraction of sp³-hybridized carbons (Fsp3) is 0.375. The fourth-order valence-electron chi connectivity index (χ4n) is 0.935. The van der Waals surface area contributed by atoms with Crippen molar-refractivity contribution in [3.63, 3.8) is 0 Å². The molecule has 6 nitrogen and oxygen atoms in total. The smallest absolute Gasteiger partial charge is 0.331 e. The number of thioether (sulfide) groups is 1. The van der Waals surface area contributed by atoms with Gasteiger partial charge in [0, 0.05) is 11.3 Å². The maximum Gasteiger partial charge on any atom is 0.331 e. The van der Waals surface area contributed by atoms with E-state index >= 15 is 0 Å². The minimum absolute atomic E-state index is 0.394. The molecule has 0 saturated heterocycles. The molecule has 1 heterocycles. The molecule has 0 amide bonds. The van der Waals surface area contributed by atoms with Gasteiger partial charge in [0.1, 0.15) is 6.33 Å². The van der Waals surface area contributed by atoms with E-state index in [1.54, 1.807) is 13.0 Å². The van der Waals surface area contributed by atoms with Gasteiger partial charge in [0.05, 0.1) is 0 Å². The highest BCUT2D eigenvalue weighted by atomic mass is 32.2. The average molecular weight is 228 g/mol. The number of hydrogen-bond donors (Lipinski definition) is 2. The van der Waals surface area contributed by atoms with Crippen LogP contribution in [0.4, 0.5) is 0 Å². The largest absolute Gasteiger partial charge is 0.478 e. The first kappa shape index (κ1) is 11.6. The summed E-state index contributed by atoms with van der Waals surface area (Å²) < 4.78 is 1.30. The Morgan fingerprint density at radius 2 is 2.53 bits per heavy atom. The summed E-state index contributed by atoms with van der Waals surface area (Å²) in [4.78, 5) is 10.7. The molecule has 3 N–H and O–H groups in total. The minimum atomic E-state index is -0.882. The van der Waals surface area contributed by atoms with Crippen molar-refractivity contribution in [2.24, 2.45) is 0 Å². The molecule has 0 saturated carbocycles. The standard InChI is InChI=1S/C8H12N4O2S/c1-2-6(7(13)14)3-4-15-8-11-10-5-12(8)9/h3,5H,2,4,9H2,1H3,(H,13,14). The number of carbonyl (C=O) groups is 1. The second kappa shape index (κ2) is 5.40. The van der Waals surface area contributed by atoms with Crippen molar-refractivity contribution in [1.82, 2.24) is 14.9 Å². The highest BCUT2D eigenvalue weighted by molar-refractivity contribution is 7.99. The Morgan fingerprint density at radius 1 is 1.80 bits per heavy atom. The topological polar surface area (TPSA) is 94.0 Å². The van der Waals surface area contributed by atoms with Crippen LogP contribution < -0.4 is 5.84 Å². The van der Waals surface area contributed by atoms with Crippen LogP contribution in [-0.2, 0) is 4.79 Å². The Hall–Kier alpha value is -1.50. The van der Waals surface area contributed by atoms with Crippen LogP contribution in [0, 0.1) is 0 Å². The van der Waals surface area contributed by atoms with Crippen molar-refractivity contribution in [3.05, 3.63) is 18.0 Å². The zero-order chi connectivity index (χ0) is 11.3. The molecule has 0 atom stereocenters. The Labute approximate surface area is 91.1 Å². The Balaban J connectivity index is 2.51. The van der Waals surface area contributed by atoms with Crippen LogP contribution in [-0.4, -0.2) is 31.7 Å². The zero-order valence-electron chi connectivity index (χ0n) is 8.25. The van der Waals surface area contributed by atoms with E-state index in [4.69, 9.17) is 10.9 Å². The minimum Gasteiger partial charge on any atom is -0.478 e. The lowest BCUT2D eigenvalue weighted by molar-refractivity contribution is -0.132. The zero-order valence-corrected chi connectivity index (χ0v) is 9.07. The van der Waals surface area contributed by atoms with Crippen LogP contribution in [0.5, 0.6) is 0 Å². The van der Waals surface area contributed by atoms with Gasteiger partial charge in [-0.2, -0.15) is 0 Å². The van der Waals surface area contributed by atoms with Crippen LogP contribution >= 0.6 is 11.8 Å². The molecular weight excluding hydrogens is 216 g/mol. The number of rotatable bonds is 5. The molecule has 15 heavy (non-hydrogen) atoms. The monoisotopic (exact) mass is 228 g/mol. The molecule has 82 valence electrons. The number of nitrogens with two attached hydrogens (primary N) is 1. The normalized spacial score (nSPS) is 11.7. The summed E-state index contributed by atoms with van der Waals surface area (Å²) in [6.45, 7) is 1.80. The van der Waals surface area contributed by atoms with E-state index in [2.05, 4.69) is 10.2 Å². The van der Waals surface area contributed by atoms with Crippen LogP contribution in [0.3, 0.4) is 0 Å². The van der Waals surface area contributed by atoms with E-state index < -0.39 is 5.97 Å². The number of aliphatic carboxylic acids is 1. The summed E-state index contributed by atoms with van der Waals surface area (Å²) in [5.41, 5.74) is 0.394. The number of carboxylic acids is 1. The Kier molecular flexibility index (Phi) is 4.17. The lowest BCUT2D eigenvalue weighted by atomic mass is 10.2. The van der Waals surface area contributed by atoms with Gasteiger partial charge in [-0.1, -0.05) is 24.8 Å². The molecule has 0 bridgehead atoms. The second-order valence-electron chi connectivity index (χ2n) is 2.72. The molecule has 0 aliphatic rings. The van der Waals surface area contributed by atoms with Crippen molar-refractivity contribution in [2.75, 3.05) is 11.6 Å². The number of nitrogen functional groups attached to an aromatic ring is 1. The summed E-state index contributed by atoms with van der Waals surface area (Å²) in [7, 11) is 0. The van der Waals surface area contributed by atoms with E-state index in [1.807, 2.05) is 0 Å². The molecule has 1 aromatic heterocycles. The summed E-state index contributed by atoms with van der Waals surface area (Å²) in [5.74, 6) is 5.12. The lowest BCUT2D eigenvalue weighted by Crippen LogP contribution is -2.07. The SMILES string of the molecule is CCC(=CCSc1nncn1N)C(=O)O. The van der Waals surface area contributed by atoms with Crippen LogP contribution in [0.25, 0.3) is 0 Å². The van der Waals surface area contributed by atoms with Gasteiger partial charge in [0.25, 0.3) is 0 Å². The second-order valence-corrected chi connectivity index (χ2v) is 3.71. The molecule has 0 fully saturated rings. The Morgan fingerprint density at radius 3 is 3.00 bits per heavy atom. The van der Waals surface area contributed by atoms with E-state index in [0.29, 0.717) is 22.9 Å². The third kappa shape index (κ3) is 3.28. The quantitative estimate of drug-likeness (QED) is 0.433. The van der Waals surface area contributed by atoms with E-state index in [1.165, 1.54) is 22.8 Å². The molecule has 7 heteroatoms. The highest BCUT2D eigenvalue weighted by Gasteiger charge is 2.04. The van der Waals surface area contributed by atoms with Gasteiger partial charge in [-0.25, -0.2) is 9.47 Å². The van der Waals surface area contributed by atoms with Gasteiger partial charge in [0.15, 0.2) is 0 Å². The van der Waals surface area contributed by atoms with E-state index in [-0.39, 0.29) is 0 Å². The summed E-state index contributed by atoms with van der Waals surface area (Å²) >= 11 is 1.34. The maximum absolute atomic E-state index is 10.7. The van der Waals surface area contributed by atoms with Crippen LogP contribution in [0.1, 0.15) is 13.3 Å². The van der Waals surface area contributed by atoms with Gasteiger partial charge >= 0.3 is 5.97 Å². The number of carboxylic acid groups (broad SMARTS) is 1. The predicted octanol–water partition coefficient (Wildman–Crippen LogP) is 0.505. The molecule has 0 unspecified atom stereocenters. The van der Waals surface area contributed by atoms with Crippen molar-refractivity contribution in [2.45, 2.75) is 18.5 Å². The first-order valence-electron chi connectivity index (χ1n) is 4.35. The molecule has 1 rings (SSSR count). The molecular formula is C8H12N4O2S. The molecule has 1 aromatic rings. The van der Waals surface area contributed by atoms with Crippen molar-refractivity contribution in [1.29, 1.82) is 0 Å². The third-order valence-electron chi connectivity index (χ3n) is 1.74. The third-order valence-corrected chi connectivity index (χ3v) is 2.62.